The van der Waals surface area contributed by atoms with E-state index in [1.165, 1.54) is 17.8 Å². The van der Waals surface area contributed by atoms with Crippen LogP contribution in [0.15, 0.2) is 52.4 Å². The minimum Gasteiger partial charge on any atom is -0.378 e. The van der Waals surface area contributed by atoms with Crippen LogP contribution in [0.3, 0.4) is 0 Å². The number of nitrogens with zero attached hydrogens (tertiary/aromatic N) is 4. The lowest BCUT2D eigenvalue weighted by Gasteiger charge is -2.28. The largest absolute Gasteiger partial charge is 0.378 e. The number of aliphatic imine (C=N–C) groups is 1. The predicted molar refractivity (Wildman–Crippen MR) is 133 cm³/mol. The first-order valence-electron chi connectivity index (χ1n) is 11.3. The number of likely N-dealkylation sites (N-methyl/N-ethyl adjacent to an activating group) is 1. The lowest BCUT2D eigenvalue weighted by molar-refractivity contribution is -0.121. The molecule has 6 nitrogen and oxygen atoms in total. The number of thioether (sulfide) groups is 1. The van der Waals surface area contributed by atoms with E-state index < -0.39 is 0 Å². The maximum absolute atomic E-state index is 14.7. The molecular weight excluding hydrogens is 439 g/mol. The first-order chi connectivity index (χ1) is 16.1. The third-order valence-corrected chi connectivity index (χ3v) is 7.23. The zero-order valence-electron chi connectivity index (χ0n) is 18.7. The molecule has 2 aromatic carbocycles. The molecule has 172 valence electrons. The molecule has 3 aliphatic rings. The molecule has 0 bridgehead atoms. The van der Waals surface area contributed by atoms with Gasteiger partial charge in [0.05, 0.1) is 29.5 Å². The van der Waals surface area contributed by atoms with Crippen molar-refractivity contribution in [2.75, 3.05) is 56.2 Å². The van der Waals surface area contributed by atoms with E-state index >= 15 is 0 Å². The molecule has 1 amide bonds. The van der Waals surface area contributed by atoms with E-state index in [1.54, 1.807) is 18.0 Å². The third kappa shape index (κ3) is 4.77. The Morgan fingerprint density at radius 3 is 2.42 bits per heavy atom. The highest BCUT2D eigenvalue weighted by Crippen LogP contribution is 2.34. The Balaban J connectivity index is 1.31. The van der Waals surface area contributed by atoms with Crippen LogP contribution in [0.2, 0.25) is 0 Å². The maximum Gasteiger partial charge on any atom is 0.266 e. The molecule has 8 heteroatoms. The molecular formula is C25H27FN4O2S. The van der Waals surface area contributed by atoms with Gasteiger partial charge in [0.2, 0.25) is 0 Å². The Morgan fingerprint density at radius 1 is 1.00 bits per heavy atom. The lowest BCUT2D eigenvalue weighted by atomic mass is 10.1. The van der Waals surface area contributed by atoms with Gasteiger partial charge in [0.1, 0.15) is 5.82 Å². The van der Waals surface area contributed by atoms with Crippen LogP contribution in [0.1, 0.15) is 18.4 Å². The topological polar surface area (TPSA) is 48.4 Å². The van der Waals surface area contributed by atoms with Crippen LogP contribution in [-0.2, 0) is 9.53 Å². The van der Waals surface area contributed by atoms with Crippen molar-refractivity contribution >= 4 is 46.0 Å². The van der Waals surface area contributed by atoms with Gasteiger partial charge in [-0.05, 0) is 72.6 Å². The number of amides is 1. The Kier molecular flexibility index (Phi) is 6.37. The minimum absolute atomic E-state index is 0.132. The zero-order valence-corrected chi connectivity index (χ0v) is 19.5. The molecule has 0 spiro atoms. The maximum atomic E-state index is 14.7. The molecule has 3 saturated heterocycles. The molecule has 0 unspecified atom stereocenters. The summed E-state index contributed by atoms with van der Waals surface area (Å²) < 4.78 is 20.1. The molecule has 5 rings (SSSR count). The highest BCUT2D eigenvalue weighted by molar-refractivity contribution is 8.18. The van der Waals surface area contributed by atoms with E-state index in [0.717, 1.165) is 63.6 Å². The summed E-state index contributed by atoms with van der Waals surface area (Å²) in [6, 6.07) is 13.2. The highest BCUT2D eigenvalue weighted by atomic mass is 32.2. The number of ether oxygens (including phenoxy) is 1. The van der Waals surface area contributed by atoms with Crippen molar-refractivity contribution in [3.8, 4) is 0 Å². The number of carbonyl (C=O) groups is 1. The number of hydrogen-bond donors (Lipinski definition) is 0. The molecule has 0 N–H and O–H groups in total. The van der Waals surface area contributed by atoms with Gasteiger partial charge < -0.3 is 14.5 Å². The number of anilines is 2. The number of hydrogen-bond acceptors (Lipinski definition) is 6. The van der Waals surface area contributed by atoms with Crippen molar-refractivity contribution in [3.63, 3.8) is 0 Å². The van der Waals surface area contributed by atoms with Crippen molar-refractivity contribution in [3.05, 3.63) is 58.8 Å². The van der Waals surface area contributed by atoms with Crippen molar-refractivity contribution in [1.82, 2.24) is 4.90 Å². The fourth-order valence-corrected chi connectivity index (χ4v) is 5.29. The molecule has 0 atom stereocenters. The van der Waals surface area contributed by atoms with Crippen molar-refractivity contribution < 1.29 is 13.9 Å². The smallest absolute Gasteiger partial charge is 0.266 e. The van der Waals surface area contributed by atoms with Gasteiger partial charge >= 0.3 is 0 Å². The molecule has 3 fully saturated rings. The van der Waals surface area contributed by atoms with Gasteiger partial charge in [-0.3, -0.25) is 9.69 Å². The van der Waals surface area contributed by atoms with E-state index in [2.05, 4.69) is 14.8 Å². The van der Waals surface area contributed by atoms with Gasteiger partial charge in [-0.15, -0.1) is 0 Å². The number of amidine groups is 1. The SMILES string of the molecule is CN1C(=O)/C(=C/c2ccc(N3CCCC3)c(F)c2)SC1=Nc1ccc(N2CCOCC2)cc1. The van der Waals surface area contributed by atoms with E-state index in [0.29, 0.717) is 21.3 Å². The first kappa shape index (κ1) is 22.0. The van der Waals surface area contributed by atoms with Gasteiger partial charge in [0, 0.05) is 38.9 Å². The normalized spacial score (nSPS) is 21.6. The van der Waals surface area contributed by atoms with Crippen LogP contribution < -0.4 is 9.80 Å². The first-order valence-corrected chi connectivity index (χ1v) is 12.1. The molecule has 0 aromatic heterocycles. The Hall–Kier alpha value is -2.84. The summed E-state index contributed by atoms with van der Waals surface area (Å²) in [5.41, 5.74) is 3.25. The molecule has 33 heavy (non-hydrogen) atoms. The molecule has 0 aliphatic carbocycles. The minimum atomic E-state index is -0.246. The second-order valence-corrected chi connectivity index (χ2v) is 9.40. The monoisotopic (exact) mass is 466 g/mol. The summed E-state index contributed by atoms with van der Waals surface area (Å²) in [7, 11) is 1.72. The summed E-state index contributed by atoms with van der Waals surface area (Å²) in [4.78, 5) is 23.9. The van der Waals surface area contributed by atoms with Crippen LogP contribution in [0, 0.1) is 5.82 Å². The van der Waals surface area contributed by atoms with Crippen molar-refractivity contribution in [2.45, 2.75) is 12.8 Å². The van der Waals surface area contributed by atoms with Crippen LogP contribution in [-0.4, -0.2) is 62.4 Å². The lowest BCUT2D eigenvalue weighted by Crippen LogP contribution is -2.36. The number of halogens is 1. The predicted octanol–water partition coefficient (Wildman–Crippen LogP) is 4.50. The average Bonchev–Trinajstić information content (AvgIpc) is 3.46. The Bertz CT molecular complexity index is 1090. The summed E-state index contributed by atoms with van der Waals surface area (Å²) in [5, 5.41) is 0.611. The second kappa shape index (κ2) is 9.57. The molecule has 2 aromatic rings. The molecule has 3 heterocycles. The highest BCUT2D eigenvalue weighted by Gasteiger charge is 2.30. The van der Waals surface area contributed by atoms with Gasteiger partial charge in [0.15, 0.2) is 5.17 Å². The van der Waals surface area contributed by atoms with Crippen molar-refractivity contribution in [1.29, 1.82) is 0 Å². The van der Waals surface area contributed by atoms with Gasteiger partial charge in [-0.25, -0.2) is 9.38 Å². The van der Waals surface area contributed by atoms with Crippen LogP contribution >= 0.6 is 11.8 Å². The fraction of sp³-hybridized carbons (Fsp3) is 0.360. The summed E-state index contributed by atoms with van der Waals surface area (Å²) in [6.07, 6.45) is 3.94. The molecule has 3 aliphatic heterocycles. The van der Waals surface area contributed by atoms with Crippen molar-refractivity contribution in [2.24, 2.45) is 4.99 Å². The summed E-state index contributed by atoms with van der Waals surface area (Å²) in [5.74, 6) is -0.378. The average molecular weight is 467 g/mol. The summed E-state index contributed by atoms with van der Waals surface area (Å²) in [6.45, 7) is 5.04. The van der Waals surface area contributed by atoms with Crippen LogP contribution in [0.5, 0.6) is 0 Å². The number of morpholine rings is 1. The van der Waals surface area contributed by atoms with E-state index in [4.69, 9.17) is 4.74 Å². The van der Waals surface area contributed by atoms with Crippen LogP contribution in [0.4, 0.5) is 21.5 Å². The fourth-order valence-electron chi connectivity index (χ4n) is 4.30. The quantitative estimate of drug-likeness (QED) is 0.621. The van der Waals surface area contributed by atoms with Crippen LogP contribution in [0.25, 0.3) is 6.08 Å². The third-order valence-electron chi connectivity index (χ3n) is 6.17. The van der Waals surface area contributed by atoms with E-state index in [9.17, 15) is 9.18 Å². The second-order valence-electron chi connectivity index (χ2n) is 8.39. The van der Waals surface area contributed by atoms with Gasteiger partial charge in [-0.1, -0.05) is 6.07 Å². The standard InChI is InChI=1S/C25H27FN4O2S/c1-28-24(31)23(17-18-4-9-22(21(26)16-18)30-10-2-3-11-30)33-25(28)27-19-5-7-20(8-6-19)29-12-14-32-15-13-29/h4-9,16-17H,2-3,10-15H2,1H3/b23-17-,27-25?. The number of rotatable bonds is 4. The van der Waals surface area contributed by atoms with Gasteiger partial charge in [0.25, 0.3) is 5.91 Å². The number of carbonyl (C=O) groups excluding carboxylic acids is 1. The summed E-state index contributed by atoms with van der Waals surface area (Å²) >= 11 is 1.31. The van der Waals surface area contributed by atoms with Gasteiger partial charge in [-0.2, -0.15) is 0 Å². The van der Waals surface area contributed by atoms with E-state index in [-0.39, 0.29) is 11.7 Å². The van der Waals surface area contributed by atoms with E-state index in [1.807, 2.05) is 36.4 Å². The Labute approximate surface area is 197 Å². The zero-order chi connectivity index (χ0) is 22.8. The Morgan fingerprint density at radius 2 is 1.73 bits per heavy atom. The molecule has 0 saturated carbocycles. The molecule has 0 radical (unpaired) electrons. The number of benzene rings is 2.